The third-order valence-electron chi connectivity index (χ3n) is 4.23. The van der Waals surface area contributed by atoms with E-state index in [1.807, 2.05) is 6.07 Å². The number of hydrogen-bond donors (Lipinski definition) is 1. The average molecular weight is 300 g/mol. The van der Waals surface area contributed by atoms with Crippen LogP contribution in [0.2, 0.25) is 5.02 Å². The van der Waals surface area contributed by atoms with Gasteiger partial charge in [0, 0.05) is 24.0 Å². The number of hydrogen-bond acceptors (Lipinski definition) is 2. The molecule has 2 aromatic carbocycles. The van der Waals surface area contributed by atoms with Crippen LogP contribution in [0, 0.1) is 0 Å². The molecule has 1 saturated carbocycles. The van der Waals surface area contributed by atoms with Crippen molar-refractivity contribution in [1.29, 1.82) is 0 Å². The third kappa shape index (κ3) is 2.78. The predicted octanol–water partition coefficient (Wildman–Crippen LogP) is 4.19. The lowest BCUT2D eigenvalue weighted by Gasteiger charge is -2.12. The molecule has 0 aromatic heterocycles. The van der Waals surface area contributed by atoms with Gasteiger partial charge in [0.15, 0.2) is 0 Å². The van der Waals surface area contributed by atoms with Crippen LogP contribution in [0.15, 0.2) is 36.4 Å². The summed E-state index contributed by atoms with van der Waals surface area (Å²) in [6.45, 7) is 1.68. The minimum Gasteiger partial charge on any atom is -0.493 e. The summed E-state index contributed by atoms with van der Waals surface area (Å²) < 4.78 is 5.59. The normalized spacial score (nSPS) is 16.6. The van der Waals surface area contributed by atoms with E-state index < -0.39 is 0 Å². The summed E-state index contributed by atoms with van der Waals surface area (Å²) in [5.41, 5.74) is 5.10. The molecule has 21 heavy (non-hydrogen) atoms. The second-order valence-electron chi connectivity index (χ2n) is 5.88. The van der Waals surface area contributed by atoms with Gasteiger partial charge in [0.2, 0.25) is 0 Å². The number of halogens is 1. The highest BCUT2D eigenvalue weighted by atomic mass is 35.5. The first-order valence-electron chi connectivity index (χ1n) is 7.57. The largest absolute Gasteiger partial charge is 0.493 e. The molecule has 2 aromatic rings. The molecule has 3 heteroatoms. The molecule has 0 unspecified atom stereocenters. The Balaban J connectivity index is 1.69. The van der Waals surface area contributed by atoms with E-state index in [0.29, 0.717) is 6.04 Å². The maximum absolute atomic E-state index is 6.18. The molecular formula is C18H18ClNO. The molecule has 0 bridgehead atoms. The highest BCUT2D eigenvalue weighted by Gasteiger charge is 2.21. The Morgan fingerprint density at radius 2 is 2.05 bits per heavy atom. The van der Waals surface area contributed by atoms with E-state index in [1.54, 1.807) is 0 Å². The Kier molecular flexibility index (Phi) is 3.36. The van der Waals surface area contributed by atoms with Crippen molar-refractivity contribution < 1.29 is 4.74 Å². The van der Waals surface area contributed by atoms with E-state index in [9.17, 15) is 0 Å². The first-order chi connectivity index (χ1) is 10.3. The van der Waals surface area contributed by atoms with Gasteiger partial charge < -0.3 is 10.1 Å². The number of ether oxygens (including phenoxy) is 1. The number of nitrogens with one attached hydrogen (secondary N) is 1. The third-order valence-corrected chi connectivity index (χ3v) is 4.46. The highest BCUT2D eigenvalue weighted by Crippen LogP contribution is 2.33. The zero-order chi connectivity index (χ0) is 14.2. The van der Waals surface area contributed by atoms with Gasteiger partial charge in [0.25, 0.3) is 0 Å². The van der Waals surface area contributed by atoms with Crippen molar-refractivity contribution in [1.82, 2.24) is 5.32 Å². The Bertz CT molecular complexity index is 679. The monoisotopic (exact) mass is 299 g/mol. The summed E-state index contributed by atoms with van der Waals surface area (Å²) in [7, 11) is 0. The van der Waals surface area contributed by atoms with Gasteiger partial charge in [-0.25, -0.2) is 0 Å². The van der Waals surface area contributed by atoms with E-state index in [1.165, 1.54) is 35.1 Å². The first-order valence-corrected chi connectivity index (χ1v) is 7.95. The molecule has 1 aliphatic carbocycles. The zero-order valence-electron chi connectivity index (χ0n) is 11.9. The molecule has 0 saturated heterocycles. The number of rotatable bonds is 4. The molecule has 0 spiro atoms. The maximum atomic E-state index is 6.18. The SMILES string of the molecule is Clc1ccc(-c2ccc3c(c2)CCO3)c(CNC2CC2)c1. The molecule has 0 radical (unpaired) electrons. The van der Waals surface area contributed by atoms with E-state index in [2.05, 4.69) is 35.6 Å². The lowest BCUT2D eigenvalue weighted by Crippen LogP contribution is -2.15. The van der Waals surface area contributed by atoms with Gasteiger partial charge in [-0.15, -0.1) is 0 Å². The topological polar surface area (TPSA) is 21.3 Å². The highest BCUT2D eigenvalue weighted by molar-refractivity contribution is 6.30. The Labute approximate surface area is 130 Å². The maximum Gasteiger partial charge on any atom is 0.122 e. The molecule has 0 atom stereocenters. The standard InChI is InChI=1S/C18H18ClNO/c19-15-2-5-17(14(10-15)11-20-16-3-4-16)12-1-6-18-13(9-12)7-8-21-18/h1-2,5-6,9-10,16,20H,3-4,7-8,11H2. The van der Waals surface area contributed by atoms with Crippen LogP contribution >= 0.6 is 11.6 Å². The van der Waals surface area contributed by atoms with Crippen LogP contribution < -0.4 is 10.1 Å². The Morgan fingerprint density at radius 3 is 2.90 bits per heavy atom. The van der Waals surface area contributed by atoms with Crippen LogP contribution in [0.25, 0.3) is 11.1 Å². The molecule has 1 aliphatic heterocycles. The lowest BCUT2D eigenvalue weighted by atomic mass is 9.97. The van der Waals surface area contributed by atoms with Crippen LogP contribution in [0.4, 0.5) is 0 Å². The first kappa shape index (κ1) is 13.2. The van der Waals surface area contributed by atoms with Crippen molar-refractivity contribution in [3.05, 3.63) is 52.5 Å². The van der Waals surface area contributed by atoms with Gasteiger partial charge in [-0.3, -0.25) is 0 Å². The summed E-state index contributed by atoms with van der Waals surface area (Å²) in [5.74, 6) is 1.03. The second-order valence-corrected chi connectivity index (χ2v) is 6.31. The fraction of sp³-hybridized carbons (Fsp3) is 0.333. The minimum atomic E-state index is 0.699. The smallest absolute Gasteiger partial charge is 0.122 e. The Morgan fingerprint density at radius 1 is 1.14 bits per heavy atom. The summed E-state index contributed by atoms with van der Waals surface area (Å²) >= 11 is 6.18. The van der Waals surface area contributed by atoms with Gasteiger partial charge in [-0.05, 0) is 59.4 Å². The molecule has 2 aliphatic rings. The molecular weight excluding hydrogens is 282 g/mol. The molecule has 108 valence electrons. The van der Waals surface area contributed by atoms with Crippen LogP contribution in [0.5, 0.6) is 5.75 Å². The van der Waals surface area contributed by atoms with E-state index in [0.717, 1.165) is 30.3 Å². The minimum absolute atomic E-state index is 0.699. The number of benzene rings is 2. The van der Waals surface area contributed by atoms with Crippen LogP contribution in [-0.2, 0) is 13.0 Å². The van der Waals surface area contributed by atoms with Gasteiger partial charge >= 0.3 is 0 Å². The summed E-state index contributed by atoms with van der Waals surface area (Å²) in [4.78, 5) is 0. The molecule has 1 N–H and O–H groups in total. The summed E-state index contributed by atoms with van der Waals surface area (Å²) in [6.07, 6.45) is 3.60. The Hall–Kier alpha value is -1.51. The van der Waals surface area contributed by atoms with Crippen LogP contribution in [-0.4, -0.2) is 12.6 Å². The fourth-order valence-corrected chi connectivity index (χ4v) is 3.08. The molecule has 4 rings (SSSR count). The molecule has 1 heterocycles. The number of fused-ring (bicyclic) bond motifs is 1. The molecule has 2 nitrogen and oxygen atoms in total. The van der Waals surface area contributed by atoms with E-state index >= 15 is 0 Å². The predicted molar refractivity (Wildman–Crippen MR) is 85.9 cm³/mol. The van der Waals surface area contributed by atoms with Crippen LogP contribution in [0.1, 0.15) is 24.0 Å². The molecule has 1 fully saturated rings. The lowest BCUT2D eigenvalue weighted by molar-refractivity contribution is 0.357. The van der Waals surface area contributed by atoms with Gasteiger partial charge in [-0.1, -0.05) is 23.7 Å². The van der Waals surface area contributed by atoms with Crippen molar-refractivity contribution in [2.75, 3.05) is 6.61 Å². The van der Waals surface area contributed by atoms with E-state index in [-0.39, 0.29) is 0 Å². The van der Waals surface area contributed by atoms with E-state index in [4.69, 9.17) is 16.3 Å². The molecule has 0 amide bonds. The van der Waals surface area contributed by atoms with Crippen LogP contribution in [0.3, 0.4) is 0 Å². The van der Waals surface area contributed by atoms with Gasteiger partial charge in [0.1, 0.15) is 5.75 Å². The van der Waals surface area contributed by atoms with Crippen molar-refractivity contribution in [2.24, 2.45) is 0 Å². The van der Waals surface area contributed by atoms with Crippen molar-refractivity contribution in [3.63, 3.8) is 0 Å². The fourth-order valence-electron chi connectivity index (χ4n) is 2.89. The summed E-state index contributed by atoms with van der Waals surface area (Å²) in [5, 5.41) is 4.38. The van der Waals surface area contributed by atoms with Crippen molar-refractivity contribution in [3.8, 4) is 16.9 Å². The van der Waals surface area contributed by atoms with Gasteiger partial charge in [-0.2, -0.15) is 0 Å². The van der Waals surface area contributed by atoms with Crippen molar-refractivity contribution >= 4 is 11.6 Å². The van der Waals surface area contributed by atoms with Gasteiger partial charge in [0.05, 0.1) is 6.61 Å². The quantitative estimate of drug-likeness (QED) is 0.914. The average Bonchev–Trinajstić information content (AvgIpc) is 3.20. The summed E-state index contributed by atoms with van der Waals surface area (Å²) in [6, 6.07) is 13.4. The second kappa shape index (κ2) is 5.36. The van der Waals surface area contributed by atoms with Crippen molar-refractivity contribution in [2.45, 2.75) is 31.8 Å². The zero-order valence-corrected chi connectivity index (χ0v) is 12.6.